The van der Waals surface area contributed by atoms with Crippen molar-refractivity contribution in [2.75, 3.05) is 7.11 Å². The van der Waals surface area contributed by atoms with Gasteiger partial charge in [0.05, 0.1) is 18.5 Å². The van der Waals surface area contributed by atoms with E-state index in [1.807, 2.05) is 18.2 Å². The molecule has 0 aromatic heterocycles. The van der Waals surface area contributed by atoms with E-state index in [0.29, 0.717) is 22.7 Å². The molecule has 8 heteroatoms. The van der Waals surface area contributed by atoms with Crippen LogP contribution >= 0.6 is 0 Å². The second kappa shape index (κ2) is 9.54. The number of hydrogen-bond acceptors (Lipinski definition) is 8. The zero-order chi connectivity index (χ0) is 24.3. The Kier molecular flexibility index (Phi) is 7.49. The van der Waals surface area contributed by atoms with Crippen molar-refractivity contribution in [3.63, 3.8) is 0 Å². The highest BCUT2D eigenvalue weighted by molar-refractivity contribution is 5.66. The molecule has 0 radical (unpaired) electrons. The Labute approximate surface area is 189 Å². The number of rotatable bonds is 4. The second-order valence-electron chi connectivity index (χ2n) is 9.41. The topological polar surface area (TPSA) is 92.3 Å². The molecule has 1 aromatic carbocycles. The molecule has 8 nitrogen and oxygen atoms in total. The fraction of sp³-hybridized carbons (Fsp3) is 0.500. The first kappa shape index (κ1) is 25.1. The normalized spacial score (nSPS) is 15.2. The first-order valence-electron chi connectivity index (χ1n) is 10.3. The number of para-hydroxylation sites is 1. The lowest BCUT2D eigenvalue weighted by Gasteiger charge is -2.32. The number of allylic oxidation sites excluding steroid dienone is 2. The van der Waals surface area contributed by atoms with E-state index in [4.69, 9.17) is 23.7 Å². The molecule has 1 aliphatic heterocycles. The van der Waals surface area contributed by atoms with Crippen LogP contribution in [0.3, 0.4) is 0 Å². The summed E-state index contributed by atoms with van der Waals surface area (Å²) in [5.41, 5.74) is 0.304. The zero-order valence-electron chi connectivity index (χ0n) is 20.2. The number of carbonyl (C=O) groups is 2. The zero-order valence-corrected chi connectivity index (χ0v) is 20.2. The molecular weight excluding hydrogens is 414 g/mol. The van der Waals surface area contributed by atoms with Gasteiger partial charge in [0.2, 0.25) is 0 Å². The van der Waals surface area contributed by atoms with Gasteiger partial charge in [0.15, 0.2) is 0 Å². The van der Waals surface area contributed by atoms with E-state index >= 15 is 0 Å². The molecule has 0 atom stereocenters. The third kappa shape index (κ3) is 6.67. The molecule has 1 aromatic rings. The van der Waals surface area contributed by atoms with Gasteiger partial charge in [-0.2, -0.15) is 0 Å². The number of ether oxygens (including phenoxy) is 5. The number of nitrogens with one attached hydrogen (secondary N) is 1. The molecule has 1 heterocycles. The Balaban J connectivity index is 2.53. The summed E-state index contributed by atoms with van der Waals surface area (Å²) in [6, 6.07) is 7.23. The van der Waals surface area contributed by atoms with Crippen LogP contribution in [0, 0.1) is 0 Å². The summed E-state index contributed by atoms with van der Waals surface area (Å²) >= 11 is 0. The highest BCUT2D eigenvalue weighted by Crippen LogP contribution is 2.43. The highest BCUT2D eigenvalue weighted by atomic mass is 16.7. The fourth-order valence-corrected chi connectivity index (χ4v) is 3.14. The van der Waals surface area contributed by atoms with Crippen molar-refractivity contribution >= 4 is 12.3 Å². The summed E-state index contributed by atoms with van der Waals surface area (Å²) in [6.07, 6.45) is -1.74. The Morgan fingerprint density at radius 2 is 1.25 bits per heavy atom. The number of carbonyl (C=O) groups excluding carboxylic acids is 2. The Morgan fingerprint density at radius 1 is 0.812 bits per heavy atom. The third-order valence-corrected chi connectivity index (χ3v) is 4.25. The standard InChI is InChI=1S/C24H33NO7/c1-14-19(29-21(26)31-23(3,4)5)18(16-12-10-11-13-17(16)28-9)20(15(2)25-14)30-22(27)32-24(6,7)8/h10-13,18,25H,1-9H3. The average molecular weight is 448 g/mol. The molecule has 0 saturated carbocycles. The van der Waals surface area contributed by atoms with Gasteiger partial charge in [0.25, 0.3) is 0 Å². The van der Waals surface area contributed by atoms with Gasteiger partial charge < -0.3 is 29.0 Å². The Morgan fingerprint density at radius 3 is 1.66 bits per heavy atom. The monoisotopic (exact) mass is 447 g/mol. The van der Waals surface area contributed by atoms with Crippen LogP contribution in [0.25, 0.3) is 0 Å². The summed E-state index contributed by atoms with van der Waals surface area (Å²) in [7, 11) is 1.54. The maximum absolute atomic E-state index is 12.5. The van der Waals surface area contributed by atoms with E-state index < -0.39 is 29.4 Å². The molecule has 32 heavy (non-hydrogen) atoms. The maximum atomic E-state index is 12.5. The van der Waals surface area contributed by atoms with E-state index in [-0.39, 0.29) is 11.5 Å². The summed E-state index contributed by atoms with van der Waals surface area (Å²) in [5.74, 6) is 0.240. The van der Waals surface area contributed by atoms with Crippen molar-refractivity contribution in [2.45, 2.75) is 72.5 Å². The van der Waals surface area contributed by atoms with Crippen LogP contribution in [0.1, 0.15) is 66.9 Å². The number of methoxy groups -OCH3 is 1. The lowest BCUT2D eigenvalue weighted by atomic mass is 9.90. The van der Waals surface area contributed by atoms with Crippen LogP contribution in [-0.4, -0.2) is 30.6 Å². The number of hydrogen-bond donors (Lipinski definition) is 1. The molecule has 0 spiro atoms. The molecule has 1 aliphatic rings. The molecule has 0 saturated heterocycles. The van der Waals surface area contributed by atoms with Crippen molar-refractivity contribution < 1.29 is 33.3 Å². The van der Waals surface area contributed by atoms with E-state index in [1.54, 1.807) is 61.5 Å². The van der Waals surface area contributed by atoms with E-state index in [9.17, 15) is 9.59 Å². The van der Waals surface area contributed by atoms with Gasteiger partial charge in [-0.05, 0) is 61.5 Å². The average Bonchev–Trinajstić information content (AvgIpc) is 2.62. The maximum Gasteiger partial charge on any atom is 0.514 e. The molecule has 2 rings (SSSR count). The molecule has 0 unspecified atom stereocenters. The van der Waals surface area contributed by atoms with Gasteiger partial charge in [-0.3, -0.25) is 0 Å². The van der Waals surface area contributed by atoms with Crippen molar-refractivity contribution in [1.29, 1.82) is 0 Å². The van der Waals surface area contributed by atoms with E-state index in [1.165, 1.54) is 7.11 Å². The predicted molar refractivity (Wildman–Crippen MR) is 119 cm³/mol. The van der Waals surface area contributed by atoms with Crippen molar-refractivity contribution in [2.24, 2.45) is 0 Å². The lowest BCUT2D eigenvalue weighted by Crippen LogP contribution is -2.32. The van der Waals surface area contributed by atoms with Gasteiger partial charge in [-0.1, -0.05) is 18.2 Å². The number of benzene rings is 1. The van der Waals surface area contributed by atoms with Gasteiger partial charge in [0, 0.05) is 5.56 Å². The van der Waals surface area contributed by atoms with E-state index in [0.717, 1.165) is 0 Å². The molecular formula is C24H33NO7. The van der Waals surface area contributed by atoms with Crippen molar-refractivity contribution in [1.82, 2.24) is 5.32 Å². The Hall–Kier alpha value is -3.16. The van der Waals surface area contributed by atoms with Crippen LogP contribution in [0.15, 0.2) is 47.2 Å². The minimum absolute atomic E-state index is 0.230. The van der Waals surface area contributed by atoms with Crippen molar-refractivity contribution in [3.8, 4) is 5.75 Å². The van der Waals surface area contributed by atoms with Gasteiger partial charge >= 0.3 is 12.3 Å². The molecule has 176 valence electrons. The smallest absolute Gasteiger partial charge is 0.496 e. The quantitative estimate of drug-likeness (QED) is 0.584. The molecule has 0 fully saturated rings. The second-order valence-corrected chi connectivity index (χ2v) is 9.41. The summed E-state index contributed by atoms with van der Waals surface area (Å²) < 4.78 is 27.5. The fourth-order valence-electron chi connectivity index (χ4n) is 3.14. The SMILES string of the molecule is COc1ccccc1C1C(OC(=O)OC(C)(C)C)=C(C)NC(C)=C1OC(=O)OC(C)(C)C. The first-order valence-corrected chi connectivity index (χ1v) is 10.3. The van der Waals surface area contributed by atoms with Gasteiger partial charge in [-0.25, -0.2) is 9.59 Å². The molecule has 0 aliphatic carbocycles. The van der Waals surface area contributed by atoms with Crippen LogP contribution < -0.4 is 10.1 Å². The van der Waals surface area contributed by atoms with Gasteiger partial charge in [0.1, 0.15) is 34.4 Å². The predicted octanol–water partition coefficient (Wildman–Crippen LogP) is 5.75. The molecule has 0 amide bonds. The molecule has 1 N–H and O–H groups in total. The molecule has 0 bridgehead atoms. The van der Waals surface area contributed by atoms with Crippen molar-refractivity contribution in [3.05, 3.63) is 52.7 Å². The summed E-state index contributed by atoms with van der Waals surface area (Å²) in [5, 5.41) is 3.11. The Bertz CT molecular complexity index is 880. The first-order chi connectivity index (χ1) is 14.7. The largest absolute Gasteiger partial charge is 0.514 e. The van der Waals surface area contributed by atoms with Crippen LogP contribution in [-0.2, 0) is 18.9 Å². The van der Waals surface area contributed by atoms with E-state index in [2.05, 4.69) is 5.32 Å². The highest BCUT2D eigenvalue weighted by Gasteiger charge is 2.38. The lowest BCUT2D eigenvalue weighted by molar-refractivity contribution is -0.00242. The minimum Gasteiger partial charge on any atom is -0.496 e. The minimum atomic E-state index is -0.871. The third-order valence-electron chi connectivity index (χ3n) is 4.25. The van der Waals surface area contributed by atoms with Gasteiger partial charge in [-0.15, -0.1) is 0 Å². The summed E-state index contributed by atoms with van der Waals surface area (Å²) in [4.78, 5) is 25.0. The van der Waals surface area contributed by atoms with Crippen LogP contribution in [0.5, 0.6) is 5.75 Å². The number of dihydropyridines is 1. The van der Waals surface area contributed by atoms with Crippen LogP contribution in [0.2, 0.25) is 0 Å². The van der Waals surface area contributed by atoms with Crippen LogP contribution in [0.4, 0.5) is 9.59 Å². The summed E-state index contributed by atoms with van der Waals surface area (Å²) in [6.45, 7) is 14.0.